The second-order valence-electron chi connectivity index (χ2n) is 6.86. The van der Waals surface area contributed by atoms with E-state index in [1.807, 2.05) is 56.3 Å². The smallest absolute Gasteiger partial charge is 0.255 e. The fourth-order valence-electron chi connectivity index (χ4n) is 2.82. The van der Waals surface area contributed by atoms with Gasteiger partial charge in [0.25, 0.3) is 11.8 Å². The number of hydrogen-bond acceptors (Lipinski definition) is 3. The Labute approximate surface area is 170 Å². The molecule has 0 aliphatic rings. The van der Waals surface area contributed by atoms with E-state index in [0.29, 0.717) is 17.7 Å². The number of anilines is 1. The normalized spacial score (nSPS) is 10.3. The van der Waals surface area contributed by atoms with Gasteiger partial charge in [-0.25, -0.2) is 0 Å². The third-order valence-corrected chi connectivity index (χ3v) is 4.79. The van der Waals surface area contributed by atoms with Crippen molar-refractivity contribution in [2.45, 2.75) is 20.4 Å². The molecular formula is C24H24N2O3. The fourth-order valence-corrected chi connectivity index (χ4v) is 2.82. The van der Waals surface area contributed by atoms with Gasteiger partial charge in [0, 0.05) is 23.4 Å². The molecule has 0 spiro atoms. The number of carbonyl (C=O) groups excluding carboxylic acids is 2. The summed E-state index contributed by atoms with van der Waals surface area (Å²) in [7, 11) is 1.61. The fraction of sp³-hybridized carbons (Fsp3) is 0.167. The molecule has 3 aromatic rings. The van der Waals surface area contributed by atoms with E-state index in [9.17, 15) is 9.59 Å². The van der Waals surface area contributed by atoms with Crippen LogP contribution in [0.15, 0.2) is 66.7 Å². The van der Waals surface area contributed by atoms with Gasteiger partial charge in [0.2, 0.25) is 0 Å². The van der Waals surface area contributed by atoms with E-state index in [1.54, 1.807) is 31.4 Å². The molecule has 0 saturated heterocycles. The van der Waals surface area contributed by atoms with Crippen LogP contribution in [0.5, 0.6) is 5.75 Å². The zero-order valence-electron chi connectivity index (χ0n) is 16.8. The van der Waals surface area contributed by atoms with Crippen LogP contribution in [0.1, 0.15) is 37.4 Å². The Morgan fingerprint density at radius 3 is 2.00 bits per heavy atom. The summed E-state index contributed by atoms with van der Waals surface area (Å²) in [5.74, 6) is 0.370. The van der Waals surface area contributed by atoms with Gasteiger partial charge in [0.05, 0.1) is 7.11 Å². The third kappa shape index (κ3) is 5.23. The molecule has 0 saturated carbocycles. The molecule has 0 aliphatic heterocycles. The molecule has 0 aromatic heterocycles. The van der Waals surface area contributed by atoms with Gasteiger partial charge < -0.3 is 15.4 Å². The monoisotopic (exact) mass is 388 g/mol. The van der Waals surface area contributed by atoms with Crippen LogP contribution in [0, 0.1) is 13.8 Å². The van der Waals surface area contributed by atoms with Crippen molar-refractivity contribution in [3.63, 3.8) is 0 Å². The molecule has 0 heterocycles. The predicted octanol–water partition coefficient (Wildman–Crippen LogP) is 4.49. The summed E-state index contributed by atoms with van der Waals surface area (Å²) in [5, 5.41) is 5.75. The Balaban J connectivity index is 1.58. The Hall–Kier alpha value is -3.60. The van der Waals surface area contributed by atoms with Gasteiger partial charge in [-0.1, -0.05) is 18.2 Å². The molecule has 5 heteroatoms. The van der Waals surface area contributed by atoms with Gasteiger partial charge in [-0.05, 0) is 79.1 Å². The molecule has 2 N–H and O–H groups in total. The van der Waals surface area contributed by atoms with Crippen molar-refractivity contribution in [3.05, 3.63) is 94.5 Å². The number of amides is 2. The van der Waals surface area contributed by atoms with E-state index >= 15 is 0 Å². The number of rotatable bonds is 6. The van der Waals surface area contributed by atoms with Crippen LogP contribution in [-0.4, -0.2) is 18.9 Å². The highest BCUT2D eigenvalue weighted by Crippen LogP contribution is 2.16. The first kappa shape index (κ1) is 20.1. The number of aryl methyl sites for hydroxylation is 2. The zero-order valence-corrected chi connectivity index (χ0v) is 16.8. The zero-order chi connectivity index (χ0) is 20.8. The summed E-state index contributed by atoms with van der Waals surface area (Å²) >= 11 is 0. The Bertz CT molecular complexity index is 1010. The van der Waals surface area contributed by atoms with Gasteiger partial charge in [0.15, 0.2) is 0 Å². The first-order valence-electron chi connectivity index (χ1n) is 9.36. The molecule has 5 nitrogen and oxygen atoms in total. The molecule has 0 bridgehead atoms. The lowest BCUT2D eigenvalue weighted by Crippen LogP contribution is -2.23. The van der Waals surface area contributed by atoms with E-state index in [2.05, 4.69) is 10.6 Å². The summed E-state index contributed by atoms with van der Waals surface area (Å²) in [5.41, 5.74) is 5.01. The summed E-state index contributed by atoms with van der Waals surface area (Å²) in [6.45, 7) is 4.45. The highest BCUT2D eigenvalue weighted by molar-refractivity contribution is 6.05. The Kier molecular flexibility index (Phi) is 6.29. The number of benzene rings is 3. The van der Waals surface area contributed by atoms with Crippen LogP contribution in [0.25, 0.3) is 0 Å². The van der Waals surface area contributed by atoms with Crippen LogP contribution in [-0.2, 0) is 6.54 Å². The summed E-state index contributed by atoms with van der Waals surface area (Å²) in [6, 6.07) is 19.9. The van der Waals surface area contributed by atoms with Gasteiger partial charge in [-0.15, -0.1) is 0 Å². The minimum absolute atomic E-state index is 0.193. The third-order valence-electron chi connectivity index (χ3n) is 4.79. The average Bonchev–Trinajstić information content (AvgIpc) is 2.75. The lowest BCUT2D eigenvalue weighted by molar-refractivity contribution is 0.0949. The summed E-state index contributed by atoms with van der Waals surface area (Å²) in [4.78, 5) is 24.8. The van der Waals surface area contributed by atoms with Gasteiger partial charge in [0.1, 0.15) is 5.75 Å². The molecular weight excluding hydrogens is 364 g/mol. The van der Waals surface area contributed by atoms with E-state index in [0.717, 1.165) is 22.6 Å². The number of methoxy groups -OCH3 is 1. The molecule has 148 valence electrons. The van der Waals surface area contributed by atoms with Crippen molar-refractivity contribution < 1.29 is 14.3 Å². The molecule has 2 amide bonds. The molecule has 0 unspecified atom stereocenters. The second-order valence-corrected chi connectivity index (χ2v) is 6.86. The standard InChI is InChI=1S/C24H24N2O3/c1-16-4-11-21(14-17(16)2)26-24(28)20-9-7-19(8-10-20)23(27)25-15-18-5-12-22(29-3)13-6-18/h4-14H,15H2,1-3H3,(H,25,27)(H,26,28). The molecule has 0 atom stereocenters. The summed E-state index contributed by atoms with van der Waals surface area (Å²) in [6.07, 6.45) is 0. The first-order valence-corrected chi connectivity index (χ1v) is 9.36. The summed E-state index contributed by atoms with van der Waals surface area (Å²) < 4.78 is 5.12. The maximum atomic E-state index is 12.4. The average molecular weight is 388 g/mol. The molecule has 0 aliphatic carbocycles. The van der Waals surface area contributed by atoms with E-state index in [1.165, 1.54) is 5.56 Å². The highest BCUT2D eigenvalue weighted by Gasteiger charge is 2.10. The van der Waals surface area contributed by atoms with Crippen molar-refractivity contribution in [2.75, 3.05) is 12.4 Å². The predicted molar refractivity (Wildman–Crippen MR) is 114 cm³/mol. The van der Waals surface area contributed by atoms with Crippen LogP contribution in [0.2, 0.25) is 0 Å². The van der Waals surface area contributed by atoms with E-state index in [-0.39, 0.29) is 11.8 Å². The minimum atomic E-state index is -0.210. The number of hydrogen-bond donors (Lipinski definition) is 2. The minimum Gasteiger partial charge on any atom is -0.497 e. The van der Waals surface area contributed by atoms with Crippen LogP contribution in [0.4, 0.5) is 5.69 Å². The maximum absolute atomic E-state index is 12.4. The quantitative estimate of drug-likeness (QED) is 0.654. The van der Waals surface area contributed by atoms with E-state index in [4.69, 9.17) is 4.74 Å². The van der Waals surface area contributed by atoms with Gasteiger partial charge >= 0.3 is 0 Å². The Morgan fingerprint density at radius 1 is 0.793 bits per heavy atom. The van der Waals surface area contributed by atoms with Crippen LogP contribution < -0.4 is 15.4 Å². The number of nitrogens with one attached hydrogen (secondary N) is 2. The molecule has 3 aromatic carbocycles. The molecule has 29 heavy (non-hydrogen) atoms. The van der Waals surface area contributed by atoms with Crippen LogP contribution in [0.3, 0.4) is 0 Å². The van der Waals surface area contributed by atoms with Gasteiger partial charge in [-0.3, -0.25) is 9.59 Å². The second kappa shape index (κ2) is 9.06. The number of carbonyl (C=O) groups is 2. The van der Waals surface area contributed by atoms with Crippen molar-refractivity contribution in [1.29, 1.82) is 0 Å². The highest BCUT2D eigenvalue weighted by atomic mass is 16.5. The molecule has 3 rings (SSSR count). The topological polar surface area (TPSA) is 67.4 Å². The molecule has 0 radical (unpaired) electrons. The molecule has 0 fully saturated rings. The van der Waals surface area contributed by atoms with Gasteiger partial charge in [-0.2, -0.15) is 0 Å². The first-order chi connectivity index (χ1) is 14.0. The van der Waals surface area contributed by atoms with Crippen molar-refractivity contribution in [1.82, 2.24) is 5.32 Å². The lowest BCUT2D eigenvalue weighted by Gasteiger charge is -2.09. The van der Waals surface area contributed by atoms with E-state index < -0.39 is 0 Å². The number of ether oxygens (including phenoxy) is 1. The van der Waals surface area contributed by atoms with Crippen molar-refractivity contribution >= 4 is 17.5 Å². The Morgan fingerprint density at radius 2 is 1.41 bits per heavy atom. The van der Waals surface area contributed by atoms with Crippen molar-refractivity contribution in [3.8, 4) is 5.75 Å². The lowest BCUT2D eigenvalue weighted by atomic mass is 10.1. The van der Waals surface area contributed by atoms with Crippen molar-refractivity contribution in [2.24, 2.45) is 0 Å². The maximum Gasteiger partial charge on any atom is 0.255 e. The largest absolute Gasteiger partial charge is 0.497 e. The SMILES string of the molecule is COc1ccc(CNC(=O)c2ccc(C(=O)Nc3ccc(C)c(C)c3)cc2)cc1. The van der Waals surface area contributed by atoms with Crippen LogP contribution >= 0.6 is 0 Å².